The number of halogens is 1. The average molecular weight is 633 g/mol. The van der Waals surface area contributed by atoms with E-state index in [1.807, 2.05) is 24.3 Å². The highest BCUT2D eigenvalue weighted by Gasteiger charge is 2.40. The summed E-state index contributed by atoms with van der Waals surface area (Å²) in [6.45, 7) is 5.20. The molecule has 9 nitrogen and oxygen atoms in total. The summed E-state index contributed by atoms with van der Waals surface area (Å²) < 4.78 is 57.0. The van der Waals surface area contributed by atoms with Crippen LogP contribution in [0.3, 0.4) is 0 Å². The Labute approximate surface area is 251 Å². The Morgan fingerprint density at radius 3 is 2.36 bits per heavy atom. The van der Waals surface area contributed by atoms with Crippen LogP contribution in [0.25, 0.3) is 0 Å². The van der Waals surface area contributed by atoms with Gasteiger partial charge in [0.25, 0.3) is 10.1 Å². The number of rotatable bonds is 11. The van der Waals surface area contributed by atoms with Crippen molar-refractivity contribution in [3.05, 3.63) is 94.6 Å². The van der Waals surface area contributed by atoms with Gasteiger partial charge in [0, 0.05) is 42.0 Å². The van der Waals surface area contributed by atoms with Gasteiger partial charge in [-0.1, -0.05) is 56.3 Å². The lowest BCUT2D eigenvalue weighted by molar-refractivity contribution is -0.128. The number of carbonyl (C=O) groups excluding carboxylic acids is 2. The molecule has 4 rings (SSSR count). The molecule has 2 aliphatic heterocycles. The molecule has 0 atom stereocenters. The first kappa shape index (κ1) is 31.7. The van der Waals surface area contributed by atoms with Gasteiger partial charge in [0.15, 0.2) is 0 Å². The van der Waals surface area contributed by atoms with Crippen LogP contribution in [-0.2, 0) is 30.2 Å². The number of amides is 1. The summed E-state index contributed by atoms with van der Waals surface area (Å²) in [4.78, 5) is 28.5. The van der Waals surface area contributed by atoms with Crippen molar-refractivity contribution in [3.63, 3.8) is 0 Å². The van der Waals surface area contributed by atoms with Crippen LogP contribution in [0.5, 0.6) is 0 Å². The highest BCUT2D eigenvalue weighted by atomic mass is 35.5. The van der Waals surface area contributed by atoms with E-state index in [2.05, 4.69) is 24.8 Å². The minimum Gasteiger partial charge on any atom is -0.344 e. The molecule has 2 aromatic rings. The zero-order valence-electron chi connectivity index (χ0n) is 23.4. The number of alkyl halides is 1. The minimum absolute atomic E-state index is 0.0197. The van der Waals surface area contributed by atoms with Crippen molar-refractivity contribution in [2.75, 3.05) is 36.2 Å². The second kappa shape index (κ2) is 12.5. The first-order valence-corrected chi connectivity index (χ1v) is 17.1. The summed E-state index contributed by atoms with van der Waals surface area (Å²) >= 11 is 5.77. The third-order valence-electron chi connectivity index (χ3n) is 7.45. The molecular weight excluding hydrogens is 600 g/mol. The number of sulfone groups is 1. The lowest BCUT2D eigenvalue weighted by Gasteiger charge is -2.28. The van der Waals surface area contributed by atoms with Crippen molar-refractivity contribution in [2.45, 2.75) is 37.0 Å². The molecule has 0 aliphatic carbocycles. The number of benzene rings is 2. The molecule has 0 bridgehead atoms. The molecule has 0 saturated carbocycles. The number of hydrogen-bond acceptors (Lipinski definition) is 7. The van der Waals surface area contributed by atoms with Crippen LogP contribution in [-0.4, -0.2) is 69.2 Å². The Bertz CT molecular complexity index is 1690. The summed E-state index contributed by atoms with van der Waals surface area (Å²) in [5.74, 6) is -1.52. The van der Waals surface area contributed by atoms with E-state index >= 15 is 0 Å². The highest BCUT2D eigenvalue weighted by molar-refractivity contribution is 7.97. The highest BCUT2D eigenvalue weighted by Crippen LogP contribution is 2.47. The number of carbonyl (C=O) groups is 2. The number of fused-ring (bicyclic) bond motifs is 2. The first-order chi connectivity index (χ1) is 19.8. The molecule has 0 radical (unpaired) electrons. The van der Waals surface area contributed by atoms with Crippen LogP contribution in [0.1, 0.15) is 42.6 Å². The molecule has 224 valence electrons. The van der Waals surface area contributed by atoms with Crippen molar-refractivity contribution in [1.82, 2.24) is 4.90 Å². The van der Waals surface area contributed by atoms with Crippen LogP contribution in [0.15, 0.2) is 88.3 Å². The second-order valence-corrected chi connectivity index (χ2v) is 14.3. The maximum Gasteiger partial charge on any atom is 0.264 e. The topological polar surface area (TPSA) is 129 Å². The van der Waals surface area contributed by atoms with E-state index in [-0.39, 0.29) is 45.5 Å². The number of para-hydroxylation sites is 1. The Morgan fingerprint density at radius 2 is 1.67 bits per heavy atom. The standard InChI is InChI=1S/C30H33ClN2O7S2/c1-30(2)23-12-4-5-13-24(23)33(19-9-17-32(28(34)21-31)18-10-20-41(36,37)38)27(30)16-8-7-15-26-29(35)22-11-3-6-14-25(22)42(26,39)40/h3-8,11-16H,9-10,17-21H2,1-2H3,(H,36,37,38)/b8-7+,26-15+,27-16+. The fraction of sp³-hybridized carbons (Fsp3) is 0.333. The monoisotopic (exact) mass is 632 g/mol. The molecule has 2 aromatic carbocycles. The lowest BCUT2D eigenvalue weighted by atomic mass is 9.84. The van der Waals surface area contributed by atoms with Crippen molar-refractivity contribution in [1.29, 1.82) is 0 Å². The molecule has 42 heavy (non-hydrogen) atoms. The Balaban J connectivity index is 1.54. The molecule has 0 spiro atoms. The summed E-state index contributed by atoms with van der Waals surface area (Å²) in [5.41, 5.74) is 2.85. The second-order valence-electron chi connectivity index (χ2n) is 10.6. The molecule has 1 amide bonds. The van der Waals surface area contributed by atoms with Crippen molar-refractivity contribution in [3.8, 4) is 0 Å². The predicted octanol–water partition coefficient (Wildman–Crippen LogP) is 4.51. The Morgan fingerprint density at radius 1 is 1.02 bits per heavy atom. The van der Waals surface area contributed by atoms with Crippen LogP contribution in [0, 0.1) is 0 Å². The van der Waals surface area contributed by atoms with E-state index in [1.165, 1.54) is 23.1 Å². The summed E-state index contributed by atoms with van der Waals surface area (Å²) in [5, 5.41) is 0. The Hall–Kier alpha value is -3.25. The van der Waals surface area contributed by atoms with E-state index in [9.17, 15) is 26.4 Å². The number of anilines is 1. The van der Waals surface area contributed by atoms with Gasteiger partial charge < -0.3 is 9.80 Å². The maximum absolute atomic E-state index is 12.9. The van der Waals surface area contributed by atoms with Crippen LogP contribution >= 0.6 is 11.6 Å². The van der Waals surface area contributed by atoms with Gasteiger partial charge in [-0.25, -0.2) is 8.42 Å². The van der Waals surface area contributed by atoms with Crippen LogP contribution in [0.4, 0.5) is 5.69 Å². The molecule has 0 unspecified atom stereocenters. The van der Waals surface area contributed by atoms with Crippen LogP contribution < -0.4 is 4.90 Å². The lowest BCUT2D eigenvalue weighted by Crippen LogP contribution is -2.36. The molecule has 0 saturated heterocycles. The Kier molecular flexibility index (Phi) is 9.46. The fourth-order valence-corrected chi connectivity index (χ4v) is 7.62. The maximum atomic E-state index is 12.9. The molecular formula is C30H33ClN2O7S2. The molecule has 0 fully saturated rings. The molecule has 12 heteroatoms. The first-order valence-electron chi connectivity index (χ1n) is 13.4. The minimum atomic E-state index is -4.13. The normalized spacial score (nSPS) is 19.0. The van der Waals surface area contributed by atoms with Gasteiger partial charge in [-0.2, -0.15) is 8.42 Å². The number of allylic oxidation sites excluding steroid dienone is 6. The van der Waals surface area contributed by atoms with Gasteiger partial charge in [-0.05, 0) is 48.8 Å². The number of ketones is 1. The quantitative estimate of drug-likeness (QED) is 0.218. The van der Waals surface area contributed by atoms with E-state index in [4.69, 9.17) is 16.2 Å². The van der Waals surface area contributed by atoms with Crippen molar-refractivity contribution in [2.24, 2.45) is 0 Å². The van der Waals surface area contributed by atoms with Gasteiger partial charge in [-0.3, -0.25) is 14.1 Å². The molecule has 2 heterocycles. The van der Waals surface area contributed by atoms with Gasteiger partial charge in [0.2, 0.25) is 21.5 Å². The van der Waals surface area contributed by atoms with Gasteiger partial charge in [0.05, 0.1) is 10.6 Å². The third-order valence-corrected chi connectivity index (χ3v) is 10.3. The smallest absolute Gasteiger partial charge is 0.264 e. The molecule has 2 aliphatic rings. The van der Waals surface area contributed by atoms with Gasteiger partial charge in [-0.15, -0.1) is 11.6 Å². The van der Waals surface area contributed by atoms with Gasteiger partial charge in [0.1, 0.15) is 10.8 Å². The van der Waals surface area contributed by atoms with Crippen LogP contribution in [0.2, 0.25) is 0 Å². The van der Waals surface area contributed by atoms with Gasteiger partial charge >= 0.3 is 0 Å². The van der Waals surface area contributed by atoms with E-state index in [1.54, 1.807) is 24.3 Å². The SMILES string of the molecule is CC1(C)\C(=C/C=C/C=C2\C(=O)c3ccccc3S2(=O)=O)N(CCCN(CCCS(=O)(=O)O)C(=O)CCl)c2ccccc21. The zero-order chi connectivity index (χ0) is 30.7. The fourth-order valence-electron chi connectivity index (χ4n) is 5.40. The van der Waals surface area contributed by atoms with E-state index < -0.39 is 31.5 Å². The summed E-state index contributed by atoms with van der Waals surface area (Å²) in [6, 6.07) is 14.1. The summed E-state index contributed by atoms with van der Waals surface area (Å²) in [6.07, 6.45) is 7.13. The number of hydrogen-bond donors (Lipinski definition) is 1. The average Bonchev–Trinajstić information content (AvgIpc) is 3.27. The predicted molar refractivity (Wildman–Crippen MR) is 163 cm³/mol. The van der Waals surface area contributed by atoms with Crippen molar-refractivity contribution >= 4 is 48.9 Å². The van der Waals surface area contributed by atoms with Crippen molar-refractivity contribution < 1.29 is 31.0 Å². The molecule has 0 aromatic heterocycles. The largest absolute Gasteiger partial charge is 0.344 e. The van der Waals surface area contributed by atoms with E-state index in [0.29, 0.717) is 19.5 Å². The summed E-state index contributed by atoms with van der Waals surface area (Å²) in [7, 11) is -8.01. The zero-order valence-corrected chi connectivity index (χ0v) is 25.8. The molecule has 1 N–H and O–H groups in total. The van der Waals surface area contributed by atoms with E-state index in [0.717, 1.165) is 16.9 Å². The third kappa shape index (κ3) is 6.54. The number of Topliss-reactive ketones (excluding diaryl/α,β-unsaturated/α-hetero) is 1. The number of nitrogens with zero attached hydrogens (tertiary/aromatic N) is 2.